The number of nitrogens with zero attached hydrogens (tertiary/aromatic N) is 1. The van der Waals surface area contributed by atoms with Crippen molar-refractivity contribution in [1.29, 1.82) is 0 Å². The minimum Gasteiger partial charge on any atom is -0.396 e. The second kappa shape index (κ2) is 6.27. The maximum atomic E-state index is 11.3. The zero-order valence-electron chi connectivity index (χ0n) is 8.32. The average Bonchev–Trinajstić information content (AvgIpc) is 2.25. The van der Waals surface area contributed by atoms with Crippen molar-refractivity contribution < 1.29 is 9.90 Å². The Bertz CT molecular complexity index is 190. The fourth-order valence-corrected chi connectivity index (χ4v) is 2.71. The van der Waals surface area contributed by atoms with Crippen LogP contribution in [0.5, 0.6) is 0 Å². The summed E-state index contributed by atoms with van der Waals surface area (Å²) < 4.78 is 0. The molecule has 82 valence electrons. The Hall–Kier alpha value is -0.260. The fraction of sp³-hybridized carbons (Fsp3) is 0.889. The lowest BCUT2D eigenvalue weighted by molar-refractivity contribution is -0.130. The van der Waals surface area contributed by atoms with Crippen molar-refractivity contribution >= 4 is 17.7 Å². The SMILES string of the molecule is NCC(=O)N1CCCC(SCCO)C1. The van der Waals surface area contributed by atoms with Gasteiger partial charge in [-0.05, 0) is 12.8 Å². The molecule has 0 radical (unpaired) electrons. The minimum absolute atomic E-state index is 0.0410. The van der Waals surface area contributed by atoms with Crippen molar-refractivity contribution in [2.75, 3.05) is 32.0 Å². The molecule has 1 heterocycles. The summed E-state index contributed by atoms with van der Waals surface area (Å²) in [5.74, 6) is 0.800. The third-order valence-electron chi connectivity index (χ3n) is 2.35. The molecule has 5 heteroatoms. The number of rotatable bonds is 4. The predicted octanol–water partition coefficient (Wildman–Crippen LogP) is -0.338. The van der Waals surface area contributed by atoms with E-state index in [1.165, 1.54) is 0 Å². The van der Waals surface area contributed by atoms with Crippen molar-refractivity contribution in [3.8, 4) is 0 Å². The van der Waals surface area contributed by atoms with E-state index < -0.39 is 0 Å². The van der Waals surface area contributed by atoms with Crippen molar-refractivity contribution in [3.63, 3.8) is 0 Å². The van der Waals surface area contributed by atoms with Crippen LogP contribution in [0.15, 0.2) is 0 Å². The van der Waals surface area contributed by atoms with Gasteiger partial charge in [-0.1, -0.05) is 0 Å². The topological polar surface area (TPSA) is 66.6 Å². The van der Waals surface area contributed by atoms with Crippen LogP contribution in [0, 0.1) is 0 Å². The largest absolute Gasteiger partial charge is 0.396 e. The van der Waals surface area contributed by atoms with E-state index in [1.54, 1.807) is 11.8 Å². The lowest BCUT2D eigenvalue weighted by Crippen LogP contribution is -2.44. The van der Waals surface area contributed by atoms with Gasteiger partial charge in [-0.25, -0.2) is 0 Å². The molecule has 0 aromatic rings. The Balaban J connectivity index is 2.31. The molecule has 0 aromatic heterocycles. The molecular weight excluding hydrogens is 200 g/mol. The highest BCUT2D eigenvalue weighted by Crippen LogP contribution is 2.21. The van der Waals surface area contributed by atoms with Crippen LogP contribution in [0.4, 0.5) is 0 Å². The van der Waals surface area contributed by atoms with Crippen molar-refractivity contribution in [3.05, 3.63) is 0 Å². The molecule has 1 atom stereocenters. The third-order valence-corrected chi connectivity index (χ3v) is 3.62. The molecule has 1 rings (SSSR count). The zero-order valence-corrected chi connectivity index (χ0v) is 9.13. The second-order valence-electron chi connectivity index (χ2n) is 3.40. The second-order valence-corrected chi connectivity index (χ2v) is 4.81. The van der Waals surface area contributed by atoms with E-state index in [0.29, 0.717) is 5.25 Å². The van der Waals surface area contributed by atoms with Crippen LogP contribution in [-0.4, -0.2) is 53.2 Å². The number of aliphatic hydroxyl groups excluding tert-OH is 1. The van der Waals surface area contributed by atoms with Crippen LogP contribution in [-0.2, 0) is 4.79 Å². The van der Waals surface area contributed by atoms with E-state index in [0.717, 1.165) is 31.7 Å². The van der Waals surface area contributed by atoms with Crippen LogP contribution in [0.3, 0.4) is 0 Å². The van der Waals surface area contributed by atoms with Gasteiger partial charge in [0.05, 0.1) is 13.2 Å². The van der Waals surface area contributed by atoms with Gasteiger partial charge in [0.25, 0.3) is 0 Å². The van der Waals surface area contributed by atoms with Gasteiger partial charge in [0.1, 0.15) is 0 Å². The molecule has 0 spiro atoms. The monoisotopic (exact) mass is 218 g/mol. The molecule has 1 unspecified atom stereocenters. The van der Waals surface area contributed by atoms with E-state index in [9.17, 15) is 4.79 Å². The van der Waals surface area contributed by atoms with E-state index in [1.807, 2.05) is 4.90 Å². The summed E-state index contributed by atoms with van der Waals surface area (Å²) in [7, 11) is 0. The molecule has 1 aliphatic rings. The number of thioether (sulfide) groups is 1. The molecule has 1 saturated heterocycles. The number of hydrogen-bond acceptors (Lipinski definition) is 4. The Morgan fingerprint density at radius 2 is 2.43 bits per heavy atom. The standard InChI is InChI=1S/C9H18N2O2S/c10-6-9(13)11-3-1-2-8(7-11)14-5-4-12/h8,12H,1-7,10H2. The molecule has 14 heavy (non-hydrogen) atoms. The Kier molecular flexibility index (Phi) is 5.29. The smallest absolute Gasteiger partial charge is 0.236 e. The van der Waals surface area contributed by atoms with Gasteiger partial charge in [-0.3, -0.25) is 4.79 Å². The number of aliphatic hydroxyl groups is 1. The average molecular weight is 218 g/mol. The Labute approximate surface area is 88.8 Å². The first-order valence-corrected chi connectivity index (χ1v) is 6.03. The van der Waals surface area contributed by atoms with Crippen molar-refractivity contribution in [2.24, 2.45) is 5.73 Å². The Morgan fingerprint density at radius 1 is 1.64 bits per heavy atom. The van der Waals surface area contributed by atoms with Gasteiger partial charge in [0.2, 0.25) is 5.91 Å². The molecule has 1 fully saturated rings. The van der Waals surface area contributed by atoms with Gasteiger partial charge in [-0.2, -0.15) is 11.8 Å². The van der Waals surface area contributed by atoms with Crippen LogP contribution < -0.4 is 5.73 Å². The van der Waals surface area contributed by atoms with Crippen LogP contribution in [0.2, 0.25) is 0 Å². The number of carbonyl (C=O) groups excluding carboxylic acids is 1. The zero-order chi connectivity index (χ0) is 10.4. The molecule has 3 N–H and O–H groups in total. The maximum absolute atomic E-state index is 11.3. The van der Waals surface area contributed by atoms with Gasteiger partial charge < -0.3 is 15.7 Å². The first-order valence-electron chi connectivity index (χ1n) is 4.98. The number of piperidine rings is 1. The summed E-state index contributed by atoms with van der Waals surface area (Å²) in [6, 6.07) is 0. The molecule has 1 amide bonds. The van der Waals surface area contributed by atoms with Gasteiger partial charge >= 0.3 is 0 Å². The Morgan fingerprint density at radius 3 is 3.07 bits per heavy atom. The third kappa shape index (κ3) is 3.48. The minimum atomic E-state index is 0.0410. The number of nitrogens with two attached hydrogens (primary N) is 1. The summed E-state index contributed by atoms with van der Waals surface area (Å²) in [6.07, 6.45) is 2.19. The number of likely N-dealkylation sites (tertiary alicyclic amines) is 1. The van der Waals surface area contributed by atoms with E-state index in [4.69, 9.17) is 10.8 Å². The fourth-order valence-electron chi connectivity index (χ4n) is 1.65. The molecule has 0 bridgehead atoms. The highest BCUT2D eigenvalue weighted by Gasteiger charge is 2.22. The molecular formula is C9H18N2O2S. The number of carbonyl (C=O) groups is 1. The summed E-state index contributed by atoms with van der Waals surface area (Å²) in [4.78, 5) is 13.2. The first-order chi connectivity index (χ1) is 6.77. The van der Waals surface area contributed by atoms with Crippen molar-refractivity contribution in [2.45, 2.75) is 18.1 Å². The number of amides is 1. The number of hydrogen-bond donors (Lipinski definition) is 2. The van der Waals surface area contributed by atoms with E-state index in [2.05, 4.69) is 0 Å². The quantitative estimate of drug-likeness (QED) is 0.677. The van der Waals surface area contributed by atoms with Gasteiger partial charge in [0.15, 0.2) is 0 Å². The van der Waals surface area contributed by atoms with Crippen LogP contribution in [0.25, 0.3) is 0 Å². The molecule has 4 nitrogen and oxygen atoms in total. The van der Waals surface area contributed by atoms with E-state index in [-0.39, 0.29) is 19.1 Å². The van der Waals surface area contributed by atoms with Crippen LogP contribution in [0.1, 0.15) is 12.8 Å². The lowest BCUT2D eigenvalue weighted by atomic mass is 10.1. The highest BCUT2D eigenvalue weighted by atomic mass is 32.2. The molecule has 1 aliphatic heterocycles. The lowest BCUT2D eigenvalue weighted by Gasteiger charge is -2.32. The highest BCUT2D eigenvalue weighted by molar-refractivity contribution is 7.99. The van der Waals surface area contributed by atoms with Gasteiger partial charge in [-0.15, -0.1) is 0 Å². The summed E-state index contributed by atoms with van der Waals surface area (Å²) in [5, 5.41) is 9.17. The molecule has 0 saturated carbocycles. The molecule has 0 aliphatic carbocycles. The van der Waals surface area contributed by atoms with Crippen LogP contribution >= 0.6 is 11.8 Å². The van der Waals surface area contributed by atoms with E-state index >= 15 is 0 Å². The normalized spacial score (nSPS) is 22.4. The van der Waals surface area contributed by atoms with Gasteiger partial charge in [0, 0.05) is 24.1 Å². The maximum Gasteiger partial charge on any atom is 0.236 e. The molecule has 0 aromatic carbocycles. The summed E-state index contributed by atoms with van der Waals surface area (Å²) in [6.45, 7) is 1.95. The summed E-state index contributed by atoms with van der Waals surface area (Å²) in [5.41, 5.74) is 5.31. The first kappa shape index (κ1) is 11.8. The predicted molar refractivity (Wildman–Crippen MR) is 58.2 cm³/mol. The summed E-state index contributed by atoms with van der Waals surface area (Å²) >= 11 is 1.74. The van der Waals surface area contributed by atoms with Crippen molar-refractivity contribution in [1.82, 2.24) is 4.90 Å².